The number of anilines is 2. The number of rotatable bonds is 2. The highest BCUT2D eigenvalue weighted by Gasteiger charge is 2.17. The standard InChI is InChI=1S/C13H9ClN4O3/c14-11-5-15-4-9(17-11)13(20)16-7-1-2-10-8(3-7)18-12(19)6-21-10/h1-5H,6H2,(H,16,20)(H,18,19). The van der Waals surface area contributed by atoms with Gasteiger partial charge in [-0.2, -0.15) is 0 Å². The Morgan fingerprint density at radius 2 is 2.24 bits per heavy atom. The Morgan fingerprint density at radius 1 is 1.38 bits per heavy atom. The Hall–Kier alpha value is -2.67. The summed E-state index contributed by atoms with van der Waals surface area (Å²) >= 11 is 5.69. The minimum Gasteiger partial charge on any atom is -0.482 e. The zero-order valence-electron chi connectivity index (χ0n) is 10.6. The maximum Gasteiger partial charge on any atom is 0.275 e. The van der Waals surface area contributed by atoms with E-state index in [1.54, 1.807) is 18.2 Å². The normalized spacial score (nSPS) is 12.9. The highest BCUT2D eigenvalue weighted by atomic mass is 35.5. The number of amides is 2. The summed E-state index contributed by atoms with van der Waals surface area (Å²) in [5, 5.41) is 5.43. The molecular weight excluding hydrogens is 296 g/mol. The van der Waals surface area contributed by atoms with Gasteiger partial charge in [0.05, 0.1) is 18.1 Å². The van der Waals surface area contributed by atoms with Gasteiger partial charge in [0.25, 0.3) is 11.8 Å². The van der Waals surface area contributed by atoms with Gasteiger partial charge in [-0.1, -0.05) is 11.6 Å². The van der Waals surface area contributed by atoms with Gasteiger partial charge in [-0.25, -0.2) is 4.98 Å². The average Bonchev–Trinajstić information content (AvgIpc) is 2.46. The van der Waals surface area contributed by atoms with E-state index in [1.165, 1.54) is 12.4 Å². The Bertz CT molecular complexity index is 735. The first kappa shape index (κ1) is 13.3. The number of nitrogens with one attached hydrogen (secondary N) is 2. The van der Waals surface area contributed by atoms with Gasteiger partial charge in [0.2, 0.25) is 0 Å². The molecule has 0 saturated carbocycles. The fourth-order valence-corrected chi connectivity index (χ4v) is 1.95. The second kappa shape index (κ2) is 5.37. The molecule has 7 nitrogen and oxygen atoms in total. The summed E-state index contributed by atoms with van der Waals surface area (Å²) in [4.78, 5) is 30.9. The van der Waals surface area contributed by atoms with E-state index in [2.05, 4.69) is 20.6 Å². The monoisotopic (exact) mass is 304 g/mol. The summed E-state index contributed by atoms with van der Waals surface area (Å²) in [6, 6.07) is 4.92. The smallest absolute Gasteiger partial charge is 0.275 e. The molecular formula is C13H9ClN4O3. The molecule has 106 valence electrons. The number of hydrogen-bond acceptors (Lipinski definition) is 5. The van der Waals surface area contributed by atoms with Crippen LogP contribution in [-0.2, 0) is 4.79 Å². The Kier molecular flexibility index (Phi) is 3.41. The predicted molar refractivity (Wildman–Crippen MR) is 75.6 cm³/mol. The third-order valence-corrected chi connectivity index (χ3v) is 2.89. The molecule has 0 spiro atoms. The molecule has 1 aromatic heterocycles. The van der Waals surface area contributed by atoms with Crippen LogP contribution in [0.1, 0.15) is 10.5 Å². The summed E-state index contributed by atoms with van der Waals surface area (Å²) in [5.74, 6) is -0.144. The molecule has 2 heterocycles. The van der Waals surface area contributed by atoms with Crippen molar-refractivity contribution in [3.05, 3.63) is 41.4 Å². The summed E-state index contributed by atoms with van der Waals surface area (Å²) in [6.45, 7) is -0.0171. The van der Waals surface area contributed by atoms with Crippen molar-refractivity contribution in [3.63, 3.8) is 0 Å². The molecule has 1 aromatic carbocycles. The van der Waals surface area contributed by atoms with Crippen molar-refractivity contribution in [3.8, 4) is 5.75 Å². The van der Waals surface area contributed by atoms with Gasteiger partial charge in [-0.05, 0) is 18.2 Å². The molecule has 21 heavy (non-hydrogen) atoms. The number of hydrogen-bond donors (Lipinski definition) is 2. The summed E-state index contributed by atoms with van der Waals surface area (Å²) in [5.41, 5.74) is 1.09. The summed E-state index contributed by atoms with van der Waals surface area (Å²) in [7, 11) is 0. The fraction of sp³-hybridized carbons (Fsp3) is 0.0769. The van der Waals surface area contributed by atoms with Gasteiger partial charge >= 0.3 is 0 Å². The van der Waals surface area contributed by atoms with Crippen LogP contribution in [0.3, 0.4) is 0 Å². The Labute approximate surface area is 124 Å². The molecule has 0 radical (unpaired) electrons. The first-order chi connectivity index (χ1) is 10.1. The molecule has 1 aliphatic heterocycles. The van der Waals surface area contributed by atoms with Gasteiger partial charge in [0.15, 0.2) is 6.61 Å². The number of nitrogens with zero attached hydrogens (tertiary/aromatic N) is 2. The molecule has 0 unspecified atom stereocenters. The molecule has 2 aromatic rings. The quantitative estimate of drug-likeness (QED) is 0.881. The van der Waals surface area contributed by atoms with Crippen LogP contribution in [0, 0.1) is 0 Å². The topological polar surface area (TPSA) is 93.2 Å². The van der Waals surface area contributed by atoms with Crippen molar-refractivity contribution < 1.29 is 14.3 Å². The lowest BCUT2D eigenvalue weighted by molar-refractivity contribution is -0.118. The van der Waals surface area contributed by atoms with Crippen molar-refractivity contribution in [1.82, 2.24) is 9.97 Å². The van der Waals surface area contributed by atoms with Crippen molar-refractivity contribution in [2.75, 3.05) is 17.2 Å². The number of halogens is 1. The predicted octanol–water partition coefficient (Wildman–Crippen LogP) is 1.71. The number of carbonyl (C=O) groups excluding carboxylic acids is 2. The lowest BCUT2D eigenvalue weighted by atomic mass is 10.2. The zero-order chi connectivity index (χ0) is 14.8. The average molecular weight is 305 g/mol. The van der Waals surface area contributed by atoms with Crippen LogP contribution in [0.4, 0.5) is 11.4 Å². The van der Waals surface area contributed by atoms with E-state index in [4.69, 9.17) is 16.3 Å². The molecule has 0 saturated heterocycles. The number of benzene rings is 1. The van der Waals surface area contributed by atoms with Crippen LogP contribution < -0.4 is 15.4 Å². The number of fused-ring (bicyclic) bond motifs is 1. The molecule has 2 amide bonds. The van der Waals surface area contributed by atoms with E-state index in [1.807, 2.05) is 0 Å². The van der Waals surface area contributed by atoms with Crippen LogP contribution in [0.25, 0.3) is 0 Å². The molecule has 3 rings (SSSR count). The SMILES string of the molecule is O=C1COc2ccc(NC(=O)c3cncc(Cl)n3)cc2N1. The maximum atomic E-state index is 12.0. The Balaban J connectivity index is 1.80. The molecule has 0 atom stereocenters. The van der Waals surface area contributed by atoms with E-state index >= 15 is 0 Å². The molecule has 0 fully saturated rings. The number of carbonyl (C=O) groups is 2. The maximum absolute atomic E-state index is 12.0. The highest BCUT2D eigenvalue weighted by Crippen LogP contribution is 2.30. The zero-order valence-corrected chi connectivity index (χ0v) is 11.3. The van der Waals surface area contributed by atoms with E-state index < -0.39 is 5.91 Å². The van der Waals surface area contributed by atoms with Crippen LogP contribution in [-0.4, -0.2) is 28.4 Å². The number of ether oxygens (including phenoxy) is 1. The van der Waals surface area contributed by atoms with E-state index in [-0.39, 0.29) is 23.4 Å². The van der Waals surface area contributed by atoms with Crippen LogP contribution in [0.15, 0.2) is 30.6 Å². The lowest BCUT2D eigenvalue weighted by Gasteiger charge is -2.18. The van der Waals surface area contributed by atoms with Gasteiger partial charge in [-0.15, -0.1) is 0 Å². The highest BCUT2D eigenvalue weighted by molar-refractivity contribution is 6.29. The molecule has 1 aliphatic rings. The molecule has 8 heteroatoms. The summed E-state index contributed by atoms with van der Waals surface area (Å²) < 4.78 is 5.23. The minimum atomic E-state index is -0.451. The third-order valence-electron chi connectivity index (χ3n) is 2.71. The first-order valence-electron chi connectivity index (χ1n) is 5.97. The van der Waals surface area contributed by atoms with Crippen LogP contribution in [0.2, 0.25) is 5.15 Å². The molecule has 0 bridgehead atoms. The minimum absolute atomic E-state index is 0.0171. The van der Waals surface area contributed by atoms with Crippen LogP contribution in [0.5, 0.6) is 5.75 Å². The third kappa shape index (κ3) is 2.92. The van der Waals surface area contributed by atoms with Gasteiger partial charge in [-0.3, -0.25) is 14.6 Å². The summed E-state index contributed by atoms with van der Waals surface area (Å²) in [6.07, 6.45) is 2.65. The van der Waals surface area contributed by atoms with Crippen molar-refractivity contribution in [1.29, 1.82) is 0 Å². The van der Waals surface area contributed by atoms with Crippen molar-refractivity contribution in [2.24, 2.45) is 0 Å². The number of aromatic nitrogens is 2. The molecule has 0 aliphatic carbocycles. The van der Waals surface area contributed by atoms with E-state index in [0.717, 1.165) is 0 Å². The van der Waals surface area contributed by atoms with Gasteiger partial charge < -0.3 is 15.4 Å². The fourth-order valence-electron chi connectivity index (χ4n) is 1.81. The lowest BCUT2D eigenvalue weighted by Crippen LogP contribution is -2.25. The second-order valence-corrected chi connectivity index (χ2v) is 4.62. The van der Waals surface area contributed by atoms with Gasteiger partial charge in [0.1, 0.15) is 16.6 Å². The largest absolute Gasteiger partial charge is 0.482 e. The van der Waals surface area contributed by atoms with Crippen molar-refractivity contribution >= 4 is 34.8 Å². The van der Waals surface area contributed by atoms with E-state index in [0.29, 0.717) is 17.1 Å². The molecule has 2 N–H and O–H groups in total. The van der Waals surface area contributed by atoms with Crippen molar-refractivity contribution in [2.45, 2.75) is 0 Å². The second-order valence-electron chi connectivity index (χ2n) is 4.23. The first-order valence-corrected chi connectivity index (χ1v) is 6.35. The van der Waals surface area contributed by atoms with Crippen LogP contribution >= 0.6 is 11.6 Å². The van der Waals surface area contributed by atoms with E-state index in [9.17, 15) is 9.59 Å². The van der Waals surface area contributed by atoms with Gasteiger partial charge in [0, 0.05) is 5.69 Å². The Morgan fingerprint density at radius 3 is 3.05 bits per heavy atom.